The summed E-state index contributed by atoms with van der Waals surface area (Å²) in [7, 11) is 0. The van der Waals surface area contributed by atoms with E-state index in [4.69, 9.17) is 9.47 Å². The molecule has 0 saturated carbocycles. The van der Waals surface area contributed by atoms with Crippen molar-refractivity contribution in [3.63, 3.8) is 0 Å². The number of aryl methyl sites for hydroxylation is 2. The maximum absolute atomic E-state index is 6.00. The minimum absolute atomic E-state index is 0.566. The first-order valence-electron chi connectivity index (χ1n) is 9.56. The molecule has 2 heteroatoms. The highest BCUT2D eigenvalue weighted by atomic mass is 16.5. The molecule has 4 aromatic carbocycles. The summed E-state index contributed by atoms with van der Waals surface area (Å²) in [5.41, 5.74) is 4.84. The summed E-state index contributed by atoms with van der Waals surface area (Å²) in [5.74, 6) is 1.73. The summed E-state index contributed by atoms with van der Waals surface area (Å²) in [4.78, 5) is 0. The summed E-state index contributed by atoms with van der Waals surface area (Å²) in [6.45, 7) is 5.32. The second-order valence-corrected chi connectivity index (χ2v) is 7.23. The van der Waals surface area contributed by atoms with E-state index < -0.39 is 0 Å². The van der Waals surface area contributed by atoms with E-state index in [2.05, 4.69) is 86.6 Å². The molecule has 0 aliphatic heterocycles. The molecule has 0 spiro atoms. The smallest absolute Gasteiger partial charge is 0.120 e. The van der Waals surface area contributed by atoms with Gasteiger partial charge in [-0.15, -0.1) is 0 Å². The Labute approximate surface area is 166 Å². The van der Waals surface area contributed by atoms with Gasteiger partial charge in [-0.05, 0) is 60.0 Å². The number of ether oxygens (including phenoxy) is 2. The lowest BCUT2D eigenvalue weighted by Crippen LogP contribution is -1.96. The number of fused-ring (bicyclic) bond motifs is 1. The summed E-state index contributed by atoms with van der Waals surface area (Å²) in [5, 5.41) is 2.29. The van der Waals surface area contributed by atoms with Crippen LogP contribution in [0, 0.1) is 13.8 Å². The van der Waals surface area contributed by atoms with Gasteiger partial charge in [-0.25, -0.2) is 0 Å². The summed E-state index contributed by atoms with van der Waals surface area (Å²) in [6.07, 6.45) is 0. The molecule has 28 heavy (non-hydrogen) atoms. The number of benzene rings is 4. The molecule has 2 nitrogen and oxygen atoms in total. The van der Waals surface area contributed by atoms with Gasteiger partial charge >= 0.3 is 0 Å². The Bertz CT molecular complexity index is 1010. The fourth-order valence-electron chi connectivity index (χ4n) is 3.32. The van der Waals surface area contributed by atoms with Crippen molar-refractivity contribution in [1.29, 1.82) is 0 Å². The van der Waals surface area contributed by atoms with Gasteiger partial charge in [-0.1, -0.05) is 71.8 Å². The fourth-order valence-corrected chi connectivity index (χ4v) is 3.32. The molecule has 0 aliphatic carbocycles. The molecule has 140 valence electrons. The summed E-state index contributed by atoms with van der Waals surface area (Å²) in [6, 6.07) is 29.2. The van der Waals surface area contributed by atoms with Crippen molar-refractivity contribution >= 4 is 10.8 Å². The molecule has 0 aliphatic rings. The molecule has 0 aromatic heterocycles. The van der Waals surface area contributed by atoms with Gasteiger partial charge in [0.15, 0.2) is 0 Å². The van der Waals surface area contributed by atoms with Crippen LogP contribution in [-0.2, 0) is 13.2 Å². The van der Waals surface area contributed by atoms with Crippen LogP contribution < -0.4 is 9.47 Å². The largest absolute Gasteiger partial charge is 0.489 e. The van der Waals surface area contributed by atoms with Crippen LogP contribution in [-0.4, -0.2) is 0 Å². The Kier molecular flexibility index (Phi) is 5.29. The van der Waals surface area contributed by atoms with E-state index in [1.807, 2.05) is 12.1 Å². The van der Waals surface area contributed by atoms with E-state index in [0.717, 1.165) is 16.9 Å². The van der Waals surface area contributed by atoms with Gasteiger partial charge in [0.2, 0.25) is 0 Å². The van der Waals surface area contributed by atoms with Crippen molar-refractivity contribution < 1.29 is 9.47 Å². The normalized spacial score (nSPS) is 10.8. The van der Waals surface area contributed by atoms with Crippen LogP contribution in [0.2, 0.25) is 0 Å². The second-order valence-electron chi connectivity index (χ2n) is 7.23. The van der Waals surface area contributed by atoms with Crippen molar-refractivity contribution in [3.05, 3.63) is 107 Å². The Balaban J connectivity index is 1.47. The lowest BCUT2D eigenvalue weighted by molar-refractivity contribution is 0.305. The zero-order chi connectivity index (χ0) is 19.3. The molecular weight excluding hydrogens is 344 g/mol. The van der Waals surface area contributed by atoms with E-state index in [1.165, 1.54) is 27.6 Å². The quantitative estimate of drug-likeness (QED) is 0.381. The highest BCUT2D eigenvalue weighted by molar-refractivity contribution is 5.85. The number of hydrogen-bond acceptors (Lipinski definition) is 2. The van der Waals surface area contributed by atoms with Crippen LogP contribution in [0.1, 0.15) is 22.3 Å². The third-order valence-electron chi connectivity index (χ3n) is 4.76. The molecule has 0 unspecified atom stereocenters. The molecule has 0 N–H and O–H groups in total. The molecule has 0 atom stereocenters. The van der Waals surface area contributed by atoms with Crippen LogP contribution in [0.5, 0.6) is 11.5 Å². The molecule has 0 heterocycles. The third-order valence-corrected chi connectivity index (χ3v) is 4.76. The minimum Gasteiger partial charge on any atom is -0.489 e. The Hall–Kier alpha value is -3.26. The van der Waals surface area contributed by atoms with E-state index in [-0.39, 0.29) is 0 Å². The minimum atomic E-state index is 0.566. The van der Waals surface area contributed by atoms with Crippen LogP contribution in [0.25, 0.3) is 10.8 Å². The fraction of sp³-hybridized carbons (Fsp3) is 0.154. The van der Waals surface area contributed by atoms with Gasteiger partial charge in [0.05, 0.1) is 0 Å². The second kappa shape index (κ2) is 8.18. The molecule has 4 rings (SSSR count). The first kappa shape index (κ1) is 18.1. The van der Waals surface area contributed by atoms with Gasteiger partial charge in [0, 0.05) is 0 Å². The Morgan fingerprint density at radius 3 is 1.50 bits per heavy atom. The highest BCUT2D eigenvalue weighted by Crippen LogP contribution is 2.26. The van der Waals surface area contributed by atoms with Gasteiger partial charge in [0.1, 0.15) is 24.7 Å². The van der Waals surface area contributed by atoms with Crippen LogP contribution in [0.3, 0.4) is 0 Å². The highest BCUT2D eigenvalue weighted by Gasteiger charge is 2.03. The van der Waals surface area contributed by atoms with Crippen molar-refractivity contribution in [2.24, 2.45) is 0 Å². The average molecular weight is 368 g/mol. The maximum Gasteiger partial charge on any atom is 0.120 e. The van der Waals surface area contributed by atoms with Crippen LogP contribution in [0.4, 0.5) is 0 Å². The van der Waals surface area contributed by atoms with Gasteiger partial charge < -0.3 is 9.47 Å². The van der Waals surface area contributed by atoms with Gasteiger partial charge in [-0.2, -0.15) is 0 Å². The van der Waals surface area contributed by atoms with Crippen molar-refractivity contribution in [1.82, 2.24) is 0 Å². The Morgan fingerprint density at radius 2 is 1.04 bits per heavy atom. The maximum atomic E-state index is 6.00. The van der Waals surface area contributed by atoms with Crippen LogP contribution in [0.15, 0.2) is 84.9 Å². The topological polar surface area (TPSA) is 18.5 Å². The van der Waals surface area contributed by atoms with E-state index in [1.54, 1.807) is 0 Å². The standard InChI is InChI=1S/C26H24O2/c1-19-5-3-7-21(13-19)17-27-25-11-9-23-10-12-26(16-24(23)15-25)28-18-22-8-4-6-20(2)14-22/h3-16H,17-18H2,1-2H3. The number of rotatable bonds is 6. The first-order valence-corrected chi connectivity index (χ1v) is 9.56. The zero-order valence-electron chi connectivity index (χ0n) is 16.3. The van der Waals surface area contributed by atoms with Gasteiger partial charge in [-0.3, -0.25) is 0 Å². The molecule has 0 radical (unpaired) electrons. The predicted molar refractivity (Wildman–Crippen MR) is 115 cm³/mol. The lowest BCUT2D eigenvalue weighted by Gasteiger charge is -2.10. The van der Waals surface area contributed by atoms with Crippen LogP contribution >= 0.6 is 0 Å². The predicted octanol–water partition coefficient (Wildman–Crippen LogP) is 6.61. The third kappa shape index (κ3) is 4.52. The van der Waals surface area contributed by atoms with Crippen molar-refractivity contribution in [2.45, 2.75) is 27.1 Å². The molecule has 4 aromatic rings. The van der Waals surface area contributed by atoms with E-state index in [9.17, 15) is 0 Å². The molecular formula is C26H24O2. The SMILES string of the molecule is Cc1cccc(COc2ccc3ccc(OCc4cccc(C)c4)cc3c2)c1. The molecule has 0 saturated heterocycles. The van der Waals surface area contributed by atoms with Gasteiger partial charge in [0.25, 0.3) is 0 Å². The molecule has 0 amide bonds. The number of hydrogen-bond donors (Lipinski definition) is 0. The van der Waals surface area contributed by atoms with Crippen molar-refractivity contribution in [2.75, 3.05) is 0 Å². The zero-order valence-corrected chi connectivity index (χ0v) is 16.3. The average Bonchev–Trinajstić information content (AvgIpc) is 2.70. The molecule has 0 fully saturated rings. The monoisotopic (exact) mass is 368 g/mol. The van der Waals surface area contributed by atoms with E-state index >= 15 is 0 Å². The lowest BCUT2D eigenvalue weighted by atomic mass is 10.1. The molecule has 0 bridgehead atoms. The summed E-state index contributed by atoms with van der Waals surface area (Å²) >= 11 is 0. The summed E-state index contributed by atoms with van der Waals surface area (Å²) < 4.78 is 12.0. The first-order chi connectivity index (χ1) is 13.7. The van der Waals surface area contributed by atoms with E-state index in [0.29, 0.717) is 13.2 Å². The van der Waals surface area contributed by atoms with Crippen molar-refractivity contribution in [3.8, 4) is 11.5 Å². The Morgan fingerprint density at radius 1 is 0.536 bits per heavy atom.